The molecule has 0 fully saturated rings. The minimum atomic E-state index is -0.959. The van der Waals surface area contributed by atoms with E-state index in [0.29, 0.717) is 0 Å². The van der Waals surface area contributed by atoms with E-state index in [1.807, 2.05) is 0 Å². The largest absolute Gasteiger partial charge is 0.452 e. The summed E-state index contributed by atoms with van der Waals surface area (Å²) in [6.45, 7) is -0.0744. The SMILES string of the molecule is C#CC#CC#CC#CC#CC#CC#CC#CC#CCC(C#CC#CC#CC#CC#CC#CC#CC#CC#C)COC(=O)Cl. The van der Waals surface area contributed by atoms with Crippen molar-refractivity contribution in [2.45, 2.75) is 6.42 Å². The van der Waals surface area contributed by atoms with Gasteiger partial charge in [0.25, 0.3) is 0 Å². The third kappa shape index (κ3) is 30.0. The van der Waals surface area contributed by atoms with E-state index in [2.05, 4.69) is 201 Å². The summed E-state index contributed by atoms with van der Waals surface area (Å²) in [5.74, 6) is 83.6. The maximum Gasteiger partial charge on any atom is 0.403 e. The van der Waals surface area contributed by atoms with Crippen molar-refractivity contribution in [3.63, 3.8) is 0 Å². The predicted molar refractivity (Wildman–Crippen MR) is 167 cm³/mol. The average molecular weight is 555 g/mol. The summed E-state index contributed by atoms with van der Waals surface area (Å²) in [5.41, 5.74) is -0.959. The van der Waals surface area contributed by atoms with Gasteiger partial charge in [0.15, 0.2) is 0 Å². The second kappa shape index (κ2) is 30.1. The molecule has 2 nitrogen and oxygen atoms in total. The van der Waals surface area contributed by atoms with Crippen molar-refractivity contribution in [1.29, 1.82) is 0 Å². The second-order valence-corrected chi connectivity index (χ2v) is 6.12. The molecule has 0 radical (unpaired) electrons. The quantitative estimate of drug-likeness (QED) is 0.392. The van der Waals surface area contributed by atoms with Crippen LogP contribution in [0.5, 0.6) is 0 Å². The van der Waals surface area contributed by atoms with Crippen LogP contribution in [0.1, 0.15) is 6.42 Å². The molecule has 0 N–H and O–H groups in total. The number of carbonyl (C=O) groups is 1. The fourth-order valence-corrected chi connectivity index (χ4v) is 1.62. The molecule has 0 aliphatic carbocycles. The molecule has 43 heavy (non-hydrogen) atoms. The Labute approximate surface area is 259 Å². The van der Waals surface area contributed by atoms with E-state index in [9.17, 15) is 4.79 Å². The first-order valence-corrected chi connectivity index (χ1v) is 11.3. The highest BCUT2D eigenvalue weighted by molar-refractivity contribution is 6.61. The summed E-state index contributed by atoms with van der Waals surface area (Å²) < 4.78 is 4.77. The van der Waals surface area contributed by atoms with Crippen molar-refractivity contribution < 1.29 is 9.53 Å². The Kier molecular flexibility index (Phi) is 24.4. The lowest BCUT2D eigenvalue weighted by atomic mass is 10.1. The number of halogens is 1. The first-order chi connectivity index (χ1) is 21.2. The van der Waals surface area contributed by atoms with Crippen molar-refractivity contribution in [2.24, 2.45) is 5.92 Å². The molecule has 0 saturated carbocycles. The maximum atomic E-state index is 10.9. The van der Waals surface area contributed by atoms with E-state index in [1.54, 1.807) is 0 Å². The molecule has 0 aliphatic rings. The lowest BCUT2D eigenvalue weighted by Gasteiger charge is -2.04. The Balaban J connectivity index is 4.97. The van der Waals surface area contributed by atoms with E-state index in [1.165, 1.54) is 0 Å². The summed E-state index contributed by atoms with van der Waals surface area (Å²) in [7, 11) is 0. The number of ether oxygens (including phenoxy) is 1. The van der Waals surface area contributed by atoms with Gasteiger partial charge in [-0.3, -0.25) is 0 Å². The van der Waals surface area contributed by atoms with Crippen molar-refractivity contribution in [2.75, 3.05) is 6.61 Å². The van der Waals surface area contributed by atoms with Gasteiger partial charge < -0.3 is 4.74 Å². The number of rotatable bonds is 3. The molecule has 186 valence electrons. The number of hydrogen-bond acceptors (Lipinski definition) is 2. The molecule has 0 aliphatic heterocycles. The highest BCUT2D eigenvalue weighted by Gasteiger charge is 2.06. The molecule has 0 heterocycles. The fourth-order valence-electron chi connectivity index (χ4n) is 1.56. The summed E-state index contributed by atoms with van der Waals surface area (Å²) >= 11 is 5.22. The van der Waals surface area contributed by atoms with Gasteiger partial charge in [0.2, 0.25) is 0 Å². The monoisotopic (exact) mass is 554 g/mol. The molecule has 0 saturated heterocycles. The van der Waals surface area contributed by atoms with Crippen molar-refractivity contribution in [1.82, 2.24) is 0 Å². The Bertz CT molecular complexity index is 2250. The van der Waals surface area contributed by atoms with E-state index in [0.717, 1.165) is 0 Å². The Morgan fingerprint density at radius 2 is 0.744 bits per heavy atom. The van der Waals surface area contributed by atoms with E-state index >= 15 is 0 Å². The first kappa shape index (κ1) is 34.8. The van der Waals surface area contributed by atoms with Crippen molar-refractivity contribution in [3.8, 4) is 214 Å². The molecule has 0 aromatic carbocycles. The molecular formula is C40H7ClO2. The van der Waals surface area contributed by atoms with Gasteiger partial charge in [-0.15, -0.1) is 12.8 Å². The van der Waals surface area contributed by atoms with Crippen LogP contribution in [0.4, 0.5) is 4.79 Å². The zero-order valence-corrected chi connectivity index (χ0v) is 22.6. The Hall–Kier alpha value is -8.16. The highest BCUT2D eigenvalue weighted by Crippen LogP contribution is 2.03. The minimum absolute atomic E-state index is 0.0744. The van der Waals surface area contributed by atoms with Crippen molar-refractivity contribution >= 4 is 17.0 Å². The first-order valence-electron chi connectivity index (χ1n) is 10.9. The molecule has 0 amide bonds. The van der Waals surface area contributed by atoms with Crippen LogP contribution < -0.4 is 0 Å². The van der Waals surface area contributed by atoms with Gasteiger partial charge in [0.1, 0.15) is 6.61 Å². The normalized spacial score (nSPS) is 5.74. The summed E-state index contributed by atoms with van der Waals surface area (Å²) in [4.78, 5) is 10.9. The fraction of sp³-hybridized carbons (Fsp3) is 0.0750. The van der Waals surface area contributed by atoms with Crippen LogP contribution in [0.3, 0.4) is 0 Å². The molecule has 0 rings (SSSR count). The van der Waals surface area contributed by atoms with Gasteiger partial charge in [-0.25, -0.2) is 4.79 Å². The van der Waals surface area contributed by atoms with E-state index in [-0.39, 0.29) is 13.0 Å². The Morgan fingerprint density at radius 3 is 1.05 bits per heavy atom. The molecule has 0 bridgehead atoms. The predicted octanol–water partition coefficient (Wildman–Crippen LogP) is 1.69. The number of carbonyl (C=O) groups excluding carboxylic acids is 1. The lowest BCUT2D eigenvalue weighted by molar-refractivity contribution is 0.163. The molecule has 0 aromatic rings. The molecule has 0 spiro atoms. The van der Waals surface area contributed by atoms with Crippen LogP contribution in [0.2, 0.25) is 0 Å². The van der Waals surface area contributed by atoms with Gasteiger partial charge in [-0.05, 0) is 189 Å². The van der Waals surface area contributed by atoms with Gasteiger partial charge >= 0.3 is 5.43 Å². The van der Waals surface area contributed by atoms with Gasteiger partial charge in [-0.2, -0.15) is 0 Å². The zero-order valence-electron chi connectivity index (χ0n) is 21.8. The maximum absolute atomic E-state index is 10.9. The van der Waals surface area contributed by atoms with Crippen LogP contribution >= 0.6 is 11.6 Å². The van der Waals surface area contributed by atoms with Crippen LogP contribution in [0, 0.1) is 220 Å². The molecule has 0 aromatic heterocycles. The molecular weight excluding hydrogens is 548 g/mol. The minimum Gasteiger partial charge on any atom is -0.452 e. The summed E-state index contributed by atoms with van der Waals surface area (Å²) in [6.07, 6.45) is 10.1. The van der Waals surface area contributed by atoms with Gasteiger partial charge in [-0.1, -0.05) is 11.8 Å². The lowest BCUT2D eigenvalue weighted by Crippen LogP contribution is -2.08. The van der Waals surface area contributed by atoms with Gasteiger partial charge in [0, 0.05) is 18.0 Å². The summed E-state index contributed by atoms with van der Waals surface area (Å²) in [6, 6.07) is 0. The molecule has 1 unspecified atom stereocenters. The summed E-state index contributed by atoms with van der Waals surface area (Å²) in [5, 5.41) is 0. The zero-order chi connectivity index (χ0) is 31.3. The van der Waals surface area contributed by atoms with Crippen LogP contribution in [-0.2, 0) is 4.74 Å². The Morgan fingerprint density at radius 1 is 0.465 bits per heavy atom. The average Bonchev–Trinajstić information content (AvgIpc) is 3.00. The third-order valence-corrected chi connectivity index (χ3v) is 3.11. The number of hydrogen-bond donors (Lipinski definition) is 0. The molecule has 1 atom stereocenters. The third-order valence-electron chi connectivity index (χ3n) is 3.01. The topological polar surface area (TPSA) is 26.3 Å². The van der Waals surface area contributed by atoms with Crippen LogP contribution in [-0.4, -0.2) is 12.0 Å². The smallest absolute Gasteiger partial charge is 0.403 e. The highest BCUT2D eigenvalue weighted by atomic mass is 35.5. The number of terminal acetylenes is 2. The van der Waals surface area contributed by atoms with Crippen LogP contribution in [0.15, 0.2) is 0 Å². The molecule has 3 heteroatoms. The van der Waals surface area contributed by atoms with E-state index < -0.39 is 11.3 Å². The standard InChI is InChI=1S/C40H7ClO2/c1-3-5-7-9-11-13-15-17-19-21-23-25-27-29-31-33-35-37-39(38-43-40(41)42)36-34-32-30-28-26-24-22-20-18-16-14-12-10-8-6-4-2/h1-2,39H,37-38H2. The van der Waals surface area contributed by atoms with Crippen molar-refractivity contribution in [3.05, 3.63) is 0 Å². The van der Waals surface area contributed by atoms with Gasteiger partial charge in [0.05, 0.1) is 5.92 Å². The van der Waals surface area contributed by atoms with Crippen LogP contribution in [0.25, 0.3) is 0 Å². The second-order valence-electron chi connectivity index (χ2n) is 5.81. The van der Waals surface area contributed by atoms with E-state index in [4.69, 9.17) is 29.2 Å².